The van der Waals surface area contributed by atoms with Crippen molar-refractivity contribution in [3.05, 3.63) is 28.4 Å². The van der Waals surface area contributed by atoms with Crippen LogP contribution in [0.5, 0.6) is 0 Å². The minimum atomic E-state index is -0.311. The first-order valence-corrected chi connectivity index (χ1v) is 5.91. The van der Waals surface area contributed by atoms with Gasteiger partial charge in [0.1, 0.15) is 12.9 Å². The second-order valence-corrected chi connectivity index (χ2v) is 4.08. The lowest BCUT2D eigenvalue weighted by molar-refractivity contribution is 0.108. The molecule has 0 bridgehead atoms. The Bertz CT molecular complexity index is 621. The van der Waals surface area contributed by atoms with E-state index >= 15 is 0 Å². The molecule has 0 radical (unpaired) electrons. The Balaban J connectivity index is 2.58. The maximum Gasteiger partial charge on any atom is 0.287 e. The summed E-state index contributed by atoms with van der Waals surface area (Å²) in [6.07, 6.45) is 3.27. The van der Waals surface area contributed by atoms with Gasteiger partial charge in [-0.25, -0.2) is 9.97 Å². The summed E-state index contributed by atoms with van der Waals surface area (Å²) in [6, 6.07) is 1.34. The molecule has 18 heavy (non-hydrogen) atoms. The molecular weight excluding hydrogens is 232 g/mol. The summed E-state index contributed by atoms with van der Waals surface area (Å²) < 4.78 is 1.19. The predicted molar refractivity (Wildman–Crippen MR) is 69.3 cm³/mol. The number of anilines is 1. The summed E-state index contributed by atoms with van der Waals surface area (Å²) >= 11 is 0. The molecule has 0 atom stereocenters. The number of nitrogens with two attached hydrogens (primary N) is 1. The first-order chi connectivity index (χ1) is 8.65. The maximum absolute atomic E-state index is 11.9. The molecule has 0 fully saturated rings. The van der Waals surface area contributed by atoms with Crippen molar-refractivity contribution in [3.8, 4) is 0 Å². The summed E-state index contributed by atoms with van der Waals surface area (Å²) in [7, 11) is 0. The Morgan fingerprint density at radius 2 is 2.22 bits per heavy atom. The van der Waals surface area contributed by atoms with Crippen LogP contribution in [0, 0.1) is 6.92 Å². The molecule has 2 N–H and O–H groups in total. The van der Waals surface area contributed by atoms with E-state index in [1.165, 1.54) is 17.1 Å². The van der Waals surface area contributed by atoms with E-state index in [0.29, 0.717) is 23.3 Å². The van der Waals surface area contributed by atoms with Gasteiger partial charge in [0.15, 0.2) is 5.65 Å². The zero-order chi connectivity index (χ0) is 13.1. The van der Waals surface area contributed by atoms with Crippen LogP contribution in [0.25, 0.3) is 11.0 Å². The third-order valence-corrected chi connectivity index (χ3v) is 2.70. The van der Waals surface area contributed by atoms with Crippen LogP contribution in [0.3, 0.4) is 0 Å². The normalized spacial score (nSPS) is 10.8. The average molecular weight is 248 g/mol. The smallest absolute Gasteiger partial charge is 0.287 e. The molecule has 0 saturated carbocycles. The third kappa shape index (κ3) is 2.13. The van der Waals surface area contributed by atoms with Crippen LogP contribution < -0.4 is 16.1 Å². The zero-order valence-corrected chi connectivity index (χ0v) is 10.5. The van der Waals surface area contributed by atoms with Gasteiger partial charge in [0.25, 0.3) is 5.56 Å². The fourth-order valence-electron chi connectivity index (χ4n) is 1.75. The summed E-state index contributed by atoms with van der Waals surface area (Å²) in [6.45, 7) is 4.35. The number of unbranched alkanes of at least 4 members (excludes halogenated alkanes) is 1. The van der Waals surface area contributed by atoms with Gasteiger partial charge in [0, 0.05) is 6.07 Å². The minimum absolute atomic E-state index is 0.311. The Morgan fingerprint density at radius 3 is 2.94 bits per heavy atom. The number of fused-ring (bicyclic) bond motifs is 1. The highest BCUT2D eigenvalue weighted by Gasteiger charge is 2.11. The monoisotopic (exact) mass is 248 g/mol. The molecule has 0 unspecified atom stereocenters. The Hall–Kier alpha value is -2.11. The quantitative estimate of drug-likeness (QED) is 0.813. The number of hydrogen-bond donors (Lipinski definition) is 1. The van der Waals surface area contributed by atoms with Crippen molar-refractivity contribution in [3.63, 3.8) is 0 Å². The first-order valence-electron chi connectivity index (χ1n) is 5.91. The number of aryl methyl sites for hydroxylation is 1. The standard InChI is InChI=1S/C12H16N4O2/c1-3-4-5-18-16-10(17)6-9(13)11-8(2)14-7-15-12(11)16/h6-7H,3-5,13H2,1-2H3. The number of rotatable bonds is 4. The van der Waals surface area contributed by atoms with E-state index in [-0.39, 0.29) is 5.56 Å². The topological polar surface area (TPSA) is 83.0 Å². The second kappa shape index (κ2) is 5.03. The van der Waals surface area contributed by atoms with Gasteiger partial charge in [-0.3, -0.25) is 4.79 Å². The Kier molecular flexibility index (Phi) is 3.45. The lowest BCUT2D eigenvalue weighted by Gasteiger charge is -2.12. The van der Waals surface area contributed by atoms with Crippen molar-refractivity contribution in [2.75, 3.05) is 12.3 Å². The van der Waals surface area contributed by atoms with Gasteiger partial charge in [0.2, 0.25) is 0 Å². The van der Waals surface area contributed by atoms with E-state index in [2.05, 4.69) is 16.9 Å². The third-order valence-electron chi connectivity index (χ3n) is 2.70. The van der Waals surface area contributed by atoms with E-state index < -0.39 is 0 Å². The molecule has 0 spiro atoms. The van der Waals surface area contributed by atoms with E-state index in [9.17, 15) is 4.79 Å². The van der Waals surface area contributed by atoms with Crippen LogP contribution in [0.1, 0.15) is 25.5 Å². The molecule has 0 aliphatic rings. The number of pyridine rings is 1. The number of nitrogens with zero attached hydrogens (tertiary/aromatic N) is 3. The summed E-state index contributed by atoms with van der Waals surface area (Å²) in [5.74, 6) is 0. The fraction of sp³-hybridized carbons (Fsp3) is 0.417. The van der Waals surface area contributed by atoms with Crippen molar-refractivity contribution in [1.82, 2.24) is 14.7 Å². The largest absolute Gasteiger partial charge is 0.409 e. The van der Waals surface area contributed by atoms with Gasteiger partial charge in [-0.15, -0.1) is 4.73 Å². The Morgan fingerprint density at radius 1 is 1.44 bits per heavy atom. The second-order valence-electron chi connectivity index (χ2n) is 4.08. The molecule has 2 aromatic rings. The predicted octanol–water partition coefficient (Wildman–Crippen LogP) is 0.911. The molecule has 6 nitrogen and oxygen atoms in total. The van der Waals surface area contributed by atoms with Gasteiger partial charge < -0.3 is 10.6 Å². The van der Waals surface area contributed by atoms with Crippen molar-refractivity contribution >= 4 is 16.7 Å². The average Bonchev–Trinajstić information content (AvgIpc) is 2.33. The number of aromatic nitrogens is 3. The molecule has 2 rings (SSSR count). The molecule has 96 valence electrons. The van der Waals surface area contributed by atoms with Crippen molar-refractivity contribution in [1.29, 1.82) is 0 Å². The molecule has 0 aliphatic heterocycles. The van der Waals surface area contributed by atoms with Gasteiger partial charge >= 0.3 is 0 Å². The molecule has 0 aliphatic carbocycles. The minimum Gasteiger partial charge on any atom is -0.409 e. The van der Waals surface area contributed by atoms with Crippen LogP contribution in [0.4, 0.5) is 5.69 Å². The summed E-state index contributed by atoms with van der Waals surface area (Å²) in [4.78, 5) is 25.5. The van der Waals surface area contributed by atoms with Crippen LogP contribution in [0.15, 0.2) is 17.2 Å². The molecule has 0 amide bonds. The van der Waals surface area contributed by atoms with Crippen molar-refractivity contribution in [2.24, 2.45) is 0 Å². The molecule has 6 heteroatoms. The lowest BCUT2D eigenvalue weighted by atomic mass is 10.2. The van der Waals surface area contributed by atoms with E-state index in [1.807, 2.05) is 6.92 Å². The SMILES string of the molecule is CCCCOn1c(=O)cc(N)c2c(C)ncnc21. The molecule has 0 aromatic carbocycles. The van der Waals surface area contributed by atoms with Crippen LogP contribution in [0.2, 0.25) is 0 Å². The van der Waals surface area contributed by atoms with Crippen LogP contribution in [-0.4, -0.2) is 21.3 Å². The van der Waals surface area contributed by atoms with E-state index in [1.54, 1.807) is 0 Å². The molecular formula is C12H16N4O2. The lowest BCUT2D eigenvalue weighted by Crippen LogP contribution is -2.28. The highest BCUT2D eigenvalue weighted by molar-refractivity contribution is 5.89. The van der Waals surface area contributed by atoms with Crippen LogP contribution >= 0.6 is 0 Å². The van der Waals surface area contributed by atoms with E-state index in [4.69, 9.17) is 10.6 Å². The fourth-order valence-corrected chi connectivity index (χ4v) is 1.75. The van der Waals surface area contributed by atoms with Crippen LogP contribution in [-0.2, 0) is 0 Å². The Labute approximate surface area is 104 Å². The highest BCUT2D eigenvalue weighted by atomic mass is 16.7. The number of nitrogen functional groups attached to an aromatic ring is 1. The van der Waals surface area contributed by atoms with Crippen molar-refractivity contribution < 1.29 is 4.84 Å². The zero-order valence-electron chi connectivity index (χ0n) is 10.5. The molecule has 2 heterocycles. The highest BCUT2D eigenvalue weighted by Crippen LogP contribution is 2.18. The van der Waals surface area contributed by atoms with Gasteiger partial charge in [-0.1, -0.05) is 13.3 Å². The summed E-state index contributed by atoms with van der Waals surface area (Å²) in [5, 5.41) is 0.661. The number of hydrogen-bond acceptors (Lipinski definition) is 5. The molecule has 0 saturated heterocycles. The van der Waals surface area contributed by atoms with Gasteiger partial charge in [-0.05, 0) is 13.3 Å². The molecule has 2 aromatic heterocycles. The van der Waals surface area contributed by atoms with Gasteiger partial charge in [0.05, 0.1) is 16.8 Å². The van der Waals surface area contributed by atoms with Gasteiger partial charge in [-0.2, -0.15) is 0 Å². The van der Waals surface area contributed by atoms with Crippen molar-refractivity contribution in [2.45, 2.75) is 26.7 Å². The van der Waals surface area contributed by atoms with E-state index in [0.717, 1.165) is 18.5 Å². The first kappa shape index (κ1) is 12.3. The maximum atomic E-state index is 11.9. The summed E-state index contributed by atoms with van der Waals surface area (Å²) in [5.41, 5.74) is 7.05.